The maximum absolute atomic E-state index is 12.5. The zero-order valence-corrected chi connectivity index (χ0v) is 16.6. The number of aryl methyl sites for hydroxylation is 1. The predicted octanol–water partition coefficient (Wildman–Crippen LogP) is 4.09. The van der Waals surface area contributed by atoms with Crippen molar-refractivity contribution in [2.45, 2.75) is 47.1 Å². The number of carbonyl (C=O) groups is 1. The first kappa shape index (κ1) is 19.7. The van der Waals surface area contributed by atoms with E-state index in [1.807, 2.05) is 39.8 Å². The molecule has 0 atom stereocenters. The third kappa shape index (κ3) is 5.18. The molecule has 2 N–H and O–H groups in total. The number of rotatable bonds is 6. The molecule has 1 aromatic carbocycles. The Balaban J connectivity index is 2.10. The average molecular weight is 355 g/mol. The quantitative estimate of drug-likeness (QED) is 0.816. The number of anilines is 3. The fraction of sp³-hybridized carbons (Fsp3) is 0.450. The van der Waals surface area contributed by atoms with Gasteiger partial charge in [-0.1, -0.05) is 0 Å². The smallest absolute Gasteiger partial charge is 0.258 e. The van der Waals surface area contributed by atoms with E-state index in [1.54, 1.807) is 0 Å². The van der Waals surface area contributed by atoms with Gasteiger partial charge < -0.3 is 15.5 Å². The first-order valence-electron chi connectivity index (χ1n) is 9.00. The van der Waals surface area contributed by atoms with E-state index in [-0.39, 0.29) is 11.4 Å². The Morgan fingerprint density at radius 2 is 1.73 bits per heavy atom. The number of nitrogens with zero attached hydrogens (tertiary/aromatic N) is 3. The van der Waals surface area contributed by atoms with Crippen LogP contribution in [0.4, 0.5) is 17.3 Å². The second-order valence-corrected chi connectivity index (χ2v) is 7.30. The van der Waals surface area contributed by atoms with Gasteiger partial charge in [-0.05, 0) is 65.3 Å². The topological polar surface area (TPSA) is 70.2 Å². The fourth-order valence-corrected chi connectivity index (χ4v) is 2.61. The number of hydrogen-bond donors (Lipinski definition) is 2. The highest BCUT2D eigenvalue weighted by Gasteiger charge is 2.13. The van der Waals surface area contributed by atoms with Gasteiger partial charge >= 0.3 is 0 Å². The molecule has 0 saturated carbocycles. The summed E-state index contributed by atoms with van der Waals surface area (Å²) in [6.45, 7) is 14.3. The maximum atomic E-state index is 12.5. The average Bonchev–Trinajstić information content (AvgIpc) is 2.57. The number of nitrogens with one attached hydrogen (secondary N) is 2. The van der Waals surface area contributed by atoms with E-state index in [2.05, 4.69) is 45.4 Å². The molecule has 1 heterocycles. The summed E-state index contributed by atoms with van der Waals surface area (Å²) in [5.41, 5.74) is 3.27. The van der Waals surface area contributed by atoms with Crippen molar-refractivity contribution < 1.29 is 4.79 Å². The number of amides is 1. The monoisotopic (exact) mass is 355 g/mol. The lowest BCUT2D eigenvalue weighted by Crippen LogP contribution is -2.27. The summed E-state index contributed by atoms with van der Waals surface area (Å²) in [5, 5.41) is 6.11. The molecule has 1 aromatic heterocycles. The fourth-order valence-electron chi connectivity index (χ4n) is 2.61. The third-order valence-corrected chi connectivity index (χ3v) is 3.99. The molecule has 2 rings (SSSR count). The number of hydrogen-bond acceptors (Lipinski definition) is 5. The van der Waals surface area contributed by atoms with Crippen molar-refractivity contribution in [2.24, 2.45) is 0 Å². The molecule has 26 heavy (non-hydrogen) atoms. The van der Waals surface area contributed by atoms with Crippen LogP contribution >= 0.6 is 0 Å². The van der Waals surface area contributed by atoms with Crippen LogP contribution in [0.3, 0.4) is 0 Å². The Labute approximate surface area is 156 Å². The van der Waals surface area contributed by atoms with Gasteiger partial charge in [-0.25, -0.2) is 9.97 Å². The van der Waals surface area contributed by atoms with E-state index < -0.39 is 0 Å². The lowest BCUT2D eigenvalue weighted by molar-refractivity contribution is 0.102. The van der Waals surface area contributed by atoms with Gasteiger partial charge in [0.15, 0.2) is 0 Å². The largest absolute Gasteiger partial charge is 0.372 e. The summed E-state index contributed by atoms with van der Waals surface area (Å²) in [5.74, 6) is 0.291. The van der Waals surface area contributed by atoms with Gasteiger partial charge in [0.05, 0.1) is 5.56 Å². The molecule has 0 fully saturated rings. The standard InChI is InChI=1S/C20H29N5O/c1-7-25(8-2)16-9-10-17(14(3)11-16)23-18(26)15-12-21-19(22-13-15)24-20(4,5)6/h9-13H,7-8H2,1-6H3,(H,23,26)(H,21,22,24). The lowest BCUT2D eigenvalue weighted by Gasteiger charge is -2.22. The van der Waals surface area contributed by atoms with Crippen molar-refractivity contribution >= 4 is 23.2 Å². The second kappa shape index (κ2) is 8.17. The molecule has 6 heteroatoms. The van der Waals surface area contributed by atoms with Crippen LogP contribution in [-0.2, 0) is 0 Å². The van der Waals surface area contributed by atoms with E-state index in [4.69, 9.17) is 0 Å². The Kier molecular flexibility index (Phi) is 6.18. The normalized spacial score (nSPS) is 11.2. The Bertz CT molecular complexity index is 746. The highest BCUT2D eigenvalue weighted by Crippen LogP contribution is 2.23. The number of aromatic nitrogens is 2. The molecule has 140 valence electrons. The number of carbonyl (C=O) groups excluding carboxylic acids is 1. The SMILES string of the molecule is CCN(CC)c1ccc(NC(=O)c2cnc(NC(C)(C)C)nc2)c(C)c1. The maximum Gasteiger partial charge on any atom is 0.258 e. The molecular weight excluding hydrogens is 326 g/mol. The van der Waals surface area contributed by atoms with Crippen molar-refractivity contribution in [1.82, 2.24) is 9.97 Å². The molecule has 0 aliphatic carbocycles. The van der Waals surface area contributed by atoms with Crippen LogP contribution in [0.5, 0.6) is 0 Å². The summed E-state index contributed by atoms with van der Waals surface area (Å²) in [7, 11) is 0. The molecule has 0 unspecified atom stereocenters. The van der Waals surface area contributed by atoms with Crippen molar-refractivity contribution in [3.05, 3.63) is 41.7 Å². The molecule has 0 aliphatic rings. The first-order chi connectivity index (χ1) is 12.2. The van der Waals surface area contributed by atoms with Crippen molar-refractivity contribution in [3.8, 4) is 0 Å². The first-order valence-corrected chi connectivity index (χ1v) is 9.00. The van der Waals surface area contributed by atoms with Crippen LogP contribution in [0.1, 0.15) is 50.5 Å². The third-order valence-electron chi connectivity index (χ3n) is 3.99. The highest BCUT2D eigenvalue weighted by molar-refractivity contribution is 6.04. The van der Waals surface area contributed by atoms with Gasteiger partial charge in [-0.3, -0.25) is 4.79 Å². The molecule has 0 aliphatic heterocycles. The van der Waals surface area contributed by atoms with Crippen molar-refractivity contribution in [3.63, 3.8) is 0 Å². The van der Waals surface area contributed by atoms with E-state index in [1.165, 1.54) is 12.4 Å². The number of benzene rings is 1. The van der Waals surface area contributed by atoms with E-state index in [0.717, 1.165) is 30.0 Å². The van der Waals surface area contributed by atoms with Crippen molar-refractivity contribution in [1.29, 1.82) is 0 Å². The molecule has 0 spiro atoms. The van der Waals surface area contributed by atoms with Crippen LogP contribution in [0.15, 0.2) is 30.6 Å². The van der Waals surface area contributed by atoms with Crippen LogP contribution < -0.4 is 15.5 Å². The molecule has 1 amide bonds. The van der Waals surface area contributed by atoms with E-state index in [9.17, 15) is 4.79 Å². The van der Waals surface area contributed by atoms with Gasteiger partial charge in [0.25, 0.3) is 5.91 Å². The predicted molar refractivity (Wildman–Crippen MR) is 108 cm³/mol. The zero-order valence-electron chi connectivity index (χ0n) is 16.6. The molecular formula is C20H29N5O. The zero-order chi connectivity index (χ0) is 19.3. The Morgan fingerprint density at radius 3 is 2.23 bits per heavy atom. The van der Waals surface area contributed by atoms with E-state index in [0.29, 0.717) is 11.5 Å². The summed E-state index contributed by atoms with van der Waals surface area (Å²) in [6, 6.07) is 6.06. The Morgan fingerprint density at radius 1 is 1.12 bits per heavy atom. The van der Waals surface area contributed by atoms with E-state index >= 15 is 0 Å². The minimum Gasteiger partial charge on any atom is -0.372 e. The van der Waals surface area contributed by atoms with Crippen LogP contribution in [0.2, 0.25) is 0 Å². The minimum atomic E-state index is -0.217. The summed E-state index contributed by atoms with van der Waals surface area (Å²) in [6.07, 6.45) is 3.08. The second-order valence-electron chi connectivity index (χ2n) is 7.30. The lowest BCUT2D eigenvalue weighted by atomic mass is 10.1. The summed E-state index contributed by atoms with van der Waals surface area (Å²) < 4.78 is 0. The van der Waals surface area contributed by atoms with Gasteiger partial charge in [0, 0.05) is 42.4 Å². The van der Waals surface area contributed by atoms with Gasteiger partial charge in [-0.2, -0.15) is 0 Å². The molecule has 0 radical (unpaired) electrons. The Hall–Kier alpha value is -2.63. The summed E-state index contributed by atoms with van der Waals surface area (Å²) in [4.78, 5) is 23.2. The van der Waals surface area contributed by atoms with Crippen LogP contribution in [-0.4, -0.2) is 34.5 Å². The molecule has 2 aromatic rings. The van der Waals surface area contributed by atoms with Crippen molar-refractivity contribution in [2.75, 3.05) is 28.6 Å². The molecule has 0 bridgehead atoms. The van der Waals surface area contributed by atoms with Crippen LogP contribution in [0, 0.1) is 6.92 Å². The van der Waals surface area contributed by atoms with Gasteiger partial charge in [-0.15, -0.1) is 0 Å². The minimum absolute atomic E-state index is 0.131. The van der Waals surface area contributed by atoms with Gasteiger partial charge in [0.2, 0.25) is 5.95 Å². The molecule has 0 saturated heterocycles. The molecule has 6 nitrogen and oxygen atoms in total. The van der Waals surface area contributed by atoms with Gasteiger partial charge in [0.1, 0.15) is 0 Å². The van der Waals surface area contributed by atoms with Crippen LogP contribution in [0.25, 0.3) is 0 Å². The summed E-state index contributed by atoms with van der Waals surface area (Å²) >= 11 is 0. The highest BCUT2D eigenvalue weighted by atomic mass is 16.1.